The lowest BCUT2D eigenvalue weighted by Gasteiger charge is -2.34. The van der Waals surface area contributed by atoms with Crippen LogP contribution < -0.4 is 10.6 Å². The van der Waals surface area contributed by atoms with Gasteiger partial charge >= 0.3 is 0 Å². The van der Waals surface area contributed by atoms with E-state index in [-0.39, 0.29) is 23.9 Å². The van der Waals surface area contributed by atoms with Gasteiger partial charge in [0.15, 0.2) is 0 Å². The van der Waals surface area contributed by atoms with Gasteiger partial charge in [0.05, 0.1) is 6.04 Å². The summed E-state index contributed by atoms with van der Waals surface area (Å²) in [5.74, 6) is -0.0546. The monoisotopic (exact) mass is 240 g/mol. The van der Waals surface area contributed by atoms with Crippen LogP contribution in [0.15, 0.2) is 0 Å². The third-order valence-corrected chi connectivity index (χ3v) is 3.23. The van der Waals surface area contributed by atoms with E-state index in [2.05, 4.69) is 17.6 Å². The van der Waals surface area contributed by atoms with Crippen LogP contribution in [-0.4, -0.2) is 23.9 Å². The molecule has 0 aromatic heterocycles. The van der Waals surface area contributed by atoms with Gasteiger partial charge in [-0.25, -0.2) is 0 Å². The normalized spacial score (nSPS) is 22.8. The van der Waals surface area contributed by atoms with Crippen molar-refractivity contribution in [2.24, 2.45) is 0 Å². The van der Waals surface area contributed by atoms with Gasteiger partial charge in [-0.1, -0.05) is 39.0 Å². The number of unbranched alkanes of at least 4 members (excludes halogenated alkanes) is 5. The van der Waals surface area contributed by atoms with Crippen molar-refractivity contribution in [3.63, 3.8) is 0 Å². The molecule has 1 fully saturated rings. The molecule has 1 aliphatic heterocycles. The molecule has 2 atom stereocenters. The van der Waals surface area contributed by atoms with Gasteiger partial charge in [-0.05, 0) is 13.3 Å². The van der Waals surface area contributed by atoms with E-state index in [0.717, 1.165) is 12.8 Å². The largest absolute Gasteiger partial charge is 0.349 e. The van der Waals surface area contributed by atoms with Crippen molar-refractivity contribution in [1.29, 1.82) is 0 Å². The SMILES string of the molecule is CCCCCCCCC(=O)NC1C(=O)NC1C. The van der Waals surface area contributed by atoms with Crippen LogP contribution in [0.4, 0.5) is 0 Å². The Kier molecular flexibility index (Phi) is 6.01. The Morgan fingerprint density at radius 3 is 2.47 bits per heavy atom. The third kappa shape index (κ3) is 4.75. The minimum atomic E-state index is -0.303. The van der Waals surface area contributed by atoms with Gasteiger partial charge in [-0.2, -0.15) is 0 Å². The van der Waals surface area contributed by atoms with E-state index in [1.165, 1.54) is 25.7 Å². The van der Waals surface area contributed by atoms with Crippen LogP contribution >= 0.6 is 0 Å². The zero-order chi connectivity index (χ0) is 12.7. The molecular weight excluding hydrogens is 216 g/mol. The highest BCUT2D eigenvalue weighted by Gasteiger charge is 2.36. The maximum atomic E-state index is 11.5. The molecule has 0 radical (unpaired) electrons. The first-order chi connectivity index (χ1) is 8.15. The number of β-lactam (4-membered cyclic amide) rings is 1. The summed E-state index contributed by atoms with van der Waals surface area (Å²) in [6.45, 7) is 4.09. The molecule has 0 aromatic carbocycles. The van der Waals surface area contributed by atoms with Crippen LogP contribution in [0.2, 0.25) is 0 Å². The molecular formula is C13H24N2O2. The fraction of sp³-hybridized carbons (Fsp3) is 0.846. The molecule has 98 valence electrons. The molecule has 2 unspecified atom stereocenters. The first-order valence-electron chi connectivity index (χ1n) is 6.75. The van der Waals surface area contributed by atoms with Crippen LogP contribution in [0, 0.1) is 0 Å². The predicted octanol–water partition coefficient (Wildman–Crippen LogP) is 1.74. The highest BCUT2D eigenvalue weighted by atomic mass is 16.2. The van der Waals surface area contributed by atoms with Crippen molar-refractivity contribution in [3.05, 3.63) is 0 Å². The molecule has 2 N–H and O–H groups in total. The van der Waals surface area contributed by atoms with E-state index in [0.29, 0.717) is 6.42 Å². The summed E-state index contributed by atoms with van der Waals surface area (Å²) < 4.78 is 0. The lowest BCUT2D eigenvalue weighted by Crippen LogP contribution is -2.67. The number of hydrogen-bond acceptors (Lipinski definition) is 2. The van der Waals surface area contributed by atoms with E-state index in [9.17, 15) is 9.59 Å². The van der Waals surface area contributed by atoms with E-state index in [4.69, 9.17) is 0 Å². The van der Waals surface area contributed by atoms with E-state index < -0.39 is 0 Å². The molecule has 4 heteroatoms. The van der Waals surface area contributed by atoms with Gasteiger partial charge in [0.25, 0.3) is 0 Å². The fourth-order valence-corrected chi connectivity index (χ4v) is 2.03. The Bertz CT molecular complexity index is 266. The molecule has 0 bridgehead atoms. The van der Waals surface area contributed by atoms with Crippen LogP contribution in [-0.2, 0) is 9.59 Å². The number of carbonyl (C=O) groups is 2. The van der Waals surface area contributed by atoms with Crippen LogP contribution in [0.5, 0.6) is 0 Å². The molecule has 4 nitrogen and oxygen atoms in total. The first kappa shape index (κ1) is 14.0. The summed E-state index contributed by atoms with van der Waals surface area (Å²) in [7, 11) is 0. The molecule has 1 aliphatic rings. The van der Waals surface area contributed by atoms with Crippen molar-refractivity contribution >= 4 is 11.8 Å². The second-order valence-electron chi connectivity index (χ2n) is 4.86. The topological polar surface area (TPSA) is 58.2 Å². The number of amides is 2. The summed E-state index contributed by atoms with van der Waals surface area (Å²) in [6.07, 6.45) is 7.59. The van der Waals surface area contributed by atoms with Crippen molar-refractivity contribution in [2.75, 3.05) is 0 Å². The van der Waals surface area contributed by atoms with Gasteiger partial charge in [-0.3, -0.25) is 9.59 Å². The average molecular weight is 240 g/mol. The summed E-state index contributed by atoms with van der Waals surface area (Å²) in [6, 6.07) is -0.224. The fourth-order valence-electron chi connectivity index (χ4n) is 2.03. The Morgan fingerprint density at radius 1 is 1.24 bits per heavy atom. The average Bonchev–Trinajstić information content (AvgIpc) is 2.31. The molecule has 0 aromatic rings. The molecule has 1 saturated heterocycles. The highest BCUT2D eigenvalue weighted by molar-refractivity contribution is 5.93. The smallest absolute Gasteiger partial charge is 0.245 e. The van der Waals surface area contributed by atoms with E-state index in [1.807, 2.05) is 6.92 Å². The number of hydrogen-bond donors (Lipinski definition) is 2. The molecule has 0 aliphatic carbocycles. The minimum Gasteiger partial charge on any atom is -0.349 e. The molecule has 1 rings (SSSR count). The Hall–Kier alpha value is -1.06. The zero-order valence-corrected chi connectivity index (χ0v) is 10.9. The highest BCUT2D eigenvalue weighted by Crippen LogP contribution is 2.08. The quantitative estimate of drug-likeness (QED) is 0.501. The third-order valence-electron chi connectivity index (χ3n) is 3.23. The summed E-state index contributed by atoms with van der Waals surface area (Å²) >= 11 is 0. The van der Waals surface area contributed by atoms with Gasteiger partial charge in [0, 0.05) is 6.42 Å². The number of carbonyl (C=O) groups excluding carboxylic acids is 2. The maximum Gasteiger partial charge on any atom is 0.245 e. The van der Waals surface area contributed by atoms with Gasteiger partial charge in [-0.15, -0.1) is 0 Å². The zero-order valence-electron chi connectivity index (χ0n) is 10.9. The first-order valence-corrected chi connectivity index (χ1v) is 6.75. The Morgan fingerprint density at radius 2 is 1.88 bits per heavy atom. The van der Waals surface area contributed by atoms with E-state index >= 15 is 0 Å². The predicted molar refractivity (Wildman–Crippen MR) is 67.5 cm³/mol. The minimum absolute atomic E-state index is 0.00666. The molecule has 1 heterocycles. The Balaban J connectivity index is 2.00. The van der Waals surface area contributed by atoms with Crippen molar-refractivity contribution in [1.82, 2.24) is 10.6 Å². The standard InChI is InChI=1S/C13H24N2O2/c1-3-4-5-6-7-8-9-11(16)15-12-10(2)14-13(12)17/h10,12H,3-9H2,1-2H3,(H,14,17)(H,15,16). The van der Waals surface area contributed by atoms with Crippen LogP contribution in [0.25, 0.3) is 0 Å². The summed E-state index contributed by atoms with van der Waals surface area (Å²) in [5, 5.41) is 5.46. The lowest BCUT2D eigenvalue weighted by molar-refractivity contribution is -0.135. The van der Waals surface area contributed by atoms with Gasteiger partial charge in [0.1, 0.15) is 6.04 Å². The van der Waals surface area contributed by atoms with E-state index in [1.54, 1.807) is 0 Å². The van der Waals surface area contributed by atoms with Gasteiger partial charge < -0.3 is 10.6 Å². The van der Waals surface area contributed by atoms with Crippen molar-refractivity contribution in [2.45, 2.75) is 70.9 Å². The number of rotatable bonds is 8. The van der Waals surface area contributed by atoms with Crippen LogP contribution in [0.1, 0.15) is 58.8 Å². The molecule has 0 spiro atoms. The number of nitrogens with one attached hydrogen (secondary N) is 2. The van der Waals surface area contributed by atoms with Crippen molar-refractivity contribution in [3.8, 4) is 0 Å². The summed E-state index contributed by atoms with van der Waals surface area (Å²) in [5.41, 5.74) is 0. The summed E-state index contributed by atoms with van der Waals surface area (Å²) in [4.78, 5) is 22.6. The Labute approximate surface area is 104 Å². The van der Waals surface area contributed by atoms with Crippen LogP contribution in [0.3, 0.4) is 0 Å². The van der Waals surface area contributed by atoms with Crippen molar-refractivity contribution < 1.29 is 9.59 Å². The molecule has 2 amide bonds. The molecule has 0 saturated carbocycles. The maximum absolute atomic E-state index is 11.5. The lowest BCUT2D eigenvalue weighted by atomic mass is 10.0. The second-order valence-corrected chi connectivity index (χ2v) is 4.86. The molecule has 17 heavy (non-hydrogen) atoms. The van der Waals surface area contributed by atoms with Gasteiger partial charge in [0.2, 0.25) is 11.8 Å². The second kappa shape index (κ2) is 7.30.